The minimum Gasteiger partial charge on any atom is -0.381 e. The fourth-order valence-electron chi connectivity index (χ4n) is 4.65. The quantitative estimate of drug-likeness (QED) is 0.440. The first-order chi connectivity index (χ1) is 16.6. The van der Waals surface area contributed by atoms with E-state index in [9.17, 15) is 26.7 Å². The van der Waals surface area contributed by atoms with E-state index in [0.29, 0.717) is 31.6 Å². The molecule has 2 aliphatic rings. The highest BCUT2D eigenvalue weighted by Gasteiger charge is 2.63. The van der Waals surface area contributed by atoms with Crippen LogP contribution in [0.5, 0.6) is 0 Å². The summed E-state index contributed by atoms with van der Waals surface area (Å²) < 4.78 is 78.3. The maximum Gasteiger partial charge on any atom is 0.329 e. The van der Waals surface area contributed by atoms with E-state index in [-0.39, 0.29) is 34.5 Å². The molecule has 184 valence electrons. The van der Waals surface area contributed by atoms with E-state index < -0.39 is 36.4 Å². The van der Waals surface area contributed by atoms with Crippen molar-refractivity contribution in [3.8, 4) is 5.95 Å². The highest BCUT2D eigenvalue weighted by atomic mass is 19.3. The summed E-state index contributed by atoms with van der Waals surface area (Å²) in [6.45, 7) is -1.78. The largest absolute Gasteiger partial charge is 0.381 e. The first kappa shape index (κ1) is 21.9. The molecular formula is C21H18F5N7O2. The molecule has 0 amide bonds. The van der Waals surface area contributed by atoms with Gasteiger partial charge in [-0.15, -0.1) is 0 Å². The van der Waals surface area contributed by atoms with E-state index in [2.05, 4.69) is 19.9 Å². The molecule has 35 heavy (non-hydrogen) atoms. The van der Waals surface area contributed by atoms with Crippen LogP contribution in [-0.4, -0.2) is 67.2 Å². The van der Waals surface area contributed by atoms with Gasteiger partial charge in [-0.1, -0.05) is 0 Å². The number of nitrogens with one attached hydrogen (secondary N) is 1. The summed E-state index contributed by atoms with van der Waals surface area (Å²) in [5.41, 5.74) is 0.154. The maximum atomic E-state index is 14.1. The van der Waals surface area contributed by atoms with Gasteiger partial charge in [0.2, 0.25) is 5.95 Å². The molecule has 0 saturated carbocycles. The number of halogens is 5. The molecule has 1 N–H and O–H groups in total. The highest BCUT2D eigenvalue weighted by Crippen LogP contribution is 2.43. The summed E-state index contributed by atoms with van der Waals surface area (Å²) in [6, 6.07) is 3.55. The Kier molecular flexibility index (Phi) is 4.69. The lowest BCUT2D eigenvalue weighted by Crippen LogP contribution is -2.38. The zero-order valence-corrected chi connectivity index (χ0v) is 18.0. The summed E-state index contributed by atoms with van der Waals surface area (Å²) in [6.07, 6.45) is 2.31. The third-order valence-electron chi connectivity index (χ3n) is 6.43. The standard InChI is InChI=1S/C21H18F5N7O2/c22-11-1-2-13-14(7-11)32(10-27-13)18-29-16(31-8-20(23,24)21(25,26)9-31)15-17(30-18)33(19(34)28-15)12-3-5-35-6-4-12/h1-2,7,10,12H,3-6,8-9H2,(H,28,34). The Hall–Kier alpha value is -3.55. The molecule has 0 atom stereocenters. The third-order valence-corrected chi connectivity index (χ3v) is 6.43. The number of benzene rings is 1. The van der Waals surface area contributed by atoms with Crippen LogP contribution in [-0.2, 0) is 4.74 Å². The second-order valence-electron chi connectivity index (χ2n) is 8.70. The van der Waals surface area contributed by atoms with Crippen molar-refractivity contribution < 1.29 is 26.7 Å². The van der Waals surface area contributed by atoms with Crippen LogP contribution in [0, 0.1) is 5.82 Å². The number of hydrogen-bond donors (Lipinski definition) is 1. The van der Waals surface area contributed by atoms with Gasteiger partial charge in [0.25, 0.3) is 0 Å². The van der Waals surface area contributed by atoms with Gasteiger partial charge in [0.15, 0.2) is 11.5 Å². The molecule has 0 spiro atoms. The van der Waals surface area contributed by atoms with Gasteiger partial charge in [0.05, 0.1) is 24.1 Å². The van der Waals surface area contributed by atoms with E-state index in [0.717, 1.165) is 4.90 Å². The average molecular weight is 495 g/mol. The lowest BCUT2D eigenvalue weighted by molar-refractivity contribution is -0.172. The van der Waals surface area contributed by atoms with Crippen molar-refractivity contribution in [1.29, 1.82) is 0 Å². The molecular weight excluding hydrogens is 477 g/mol. The van der Waals surface area contributed by atoms with Crippen LogP contribution >= 0.6 is 0 Å². The smallest absolute Gasteiger partial charge is 0.329 e. The van der Waals surface area contributed by atoms with E-state index in [1.54, 1.807) is 0 Å². The van der Waals surface area contributed by atoms with Crippen LogP contribution in [0.25, 0.3) is 28.1 Å². The Labute approximate surface area is 193 Å². The second kappa shape index (κ2) is 7.47. The van der Waals surface area contributed by atoms with Crippen LogP contribution in [0.2, 0.25) is 0 Å². The van der Waals surface area contributed by atoms with Crippen LogP contribution in [0.4, 0.5) is 27.8 Å². The number of rotatable bonds is 3. The fourth-order valence-corrected chi connectivity index (χ4v) is 4.65. The Morgan fingerprint density at radius 1 is 1.06 bits per heavy atom. The number of hydrogen-bond acceptors (Lipinski definition) is 6. The summed E-state index contributed by atoms with van der Waals surface area (Å²) >= 11 is 0. The summed E-state index contributed by atoms with van der Waals surface area (Å²) in [7, 11) is 0. The molecule has 0 aliphatic carbocycles. The van der Waals surface area contributed by atoms with Crippen LogP contribution in [0.1, 0.15) is 18.9 Å². The molecule has 14 heteroatoms. The van der Waals surface area contributed by atoms with Crippen LogP contribution in [0.3, 0.4) is 0 Å². The first-order valence-corrected chi connectivity index (χ1v) is 10.9. The molecule has 0 bridgehead atoms. The van der Waals surface area contributed by atoms with Gasteiger partial charge < -0.3 is 14.6 Å². The average Bonchev–Trinajstić information content (AvgIpc) is 3.43. The fraction of sp³-hybridized carbons (Fsp3) is 0.429. The maximum absolute atomic E-state index is 14.1. The molecule has 5 heterocycles. The number of nitrogens with zero attached hydrogens (tertiary/aromatic N) is 6. The van der Waals surface area contributed by atoms with Crippen molar-refractivity contribution in [2.24, 2.45) is 0 Å². The van der Waals surface area contributed by atoms with Gasteiger partial charge in [-0.2, -0.15) is 27.5 Å². The third kappa shape index (κ3) is 3.38. The summed E-state index contributed by atoms with van der Waals surface area (Å²) in [5.74, 6) is -9.54. The Bertz CT molecular complexity index is 1490. The van der Waals surface area contributed by atoms with Crippen LogP contribution < -0.4 is 10.6 Å². The zero-order chi connectivity index (χ0) is 24.5. The molecule has 4 aromatic rings. The number of anilines is 1. The van der Waals surface area contributed by atoms with Gasteiger partial charge in [-0.05, 0) is 25.0 Å². The van der Waals surface area contributed by atoms with E-state index in [1.165, 1.54) is 33.7 Å². The normalized spacial score (nSPS) is 20.3. The van der Waals surface area contributed by atoms with Crippen molar-refractivity contribution in [3.63, 3.8) is 0 Å². The number of imidazole rings is 2. The number of ether oxygens (including phenoxy) is 1. The summed E-state index contributed by atoms with van der Waals surface area (Å²) in [5, 5.41) is 0. The number of alkyl halides is 4. The van der Waals surface area contributed by atoms with Gasteiger partial charge in [0.1, 0.15) is 17.7 Å². The van der Waals surface area contributed by atoms with Gasteiger partial charge in [-0.3, -0.25) is 9.13 Å². The Morgan fingerprint density at radius 3 is 2.49 bits per heavy atom. The molecule has 0 unspecified atom stereocenters. The summed E-state index contributed by atoms with van der Waals surface area (Å²) in [4.78, 5) is 29.2. The molecule has 2 saturated heterocycles. The van der Waals surface area contributed by atoms with E-state index >= 15 is 0 Å². The second-order valence-corrected chi connectivity index (χ2v) is 8.70. The number of aromatic amines is 1. The first-order valence-electron chi connectivity index (χ1n) is 10.9. The van der Waals surface area contributed by atoms with Crippen molar-refractivity contribution in [2.45, 2.75) is 30.7 Å². The zero-order valence-electron chi connectivity index (χ0n) is 18.0. The predicted molar refractivity (Wildman–Crippen MR) is 114 cm³/mol. The van der Waals surface area contributed by atoms with Gasteiger partial charge >= 0.3 is 17.5 Å². The molecule has 2 aliphatic heterocycles. The molecule has 3 aromatic heterocycles. The predicted octanol–water partition coefficient (Wildman–Crippen LogP) is 3.04. The molecule has 2 fully saturated rings. The number of fused-ring (bicyclic) bond motifs is 2. The topological polar surface area (TPSA) is 93.9 Å². The molecule has 6 rings (SSSR count). The van der Waals surface area contributed by atoms with Crippen molar-refractivity contribution in [3.05, 3.63) is 40.8 Å². The van der Waals surface area contributed by atoms with Crippen molar-refractivity contribution in [1.82, 2.24) is 29.1 Å². The molecule has 9 nitrogen and oxygen atoms in total. The molecule has 1 aromatic carbocycles. The lowest BCUT2D eigenvalue weighted by atomic mass is 10.1. The SMILES string of the molecule is O=c1[nH]c2c(N3CC(F)(F)C(F)(F)C3)nc(-n3cnc4ccc(F)cc43)nc2n1C1CCOCC1. The highest BCUT2D eigenvalue weighted by molar-refractivity contribution is 5.85. The monoisotopic (exact) mass is 495 g/mol. The van der Waals surface area contributed by atoms with Crippen molar-refractivity contribution >= 4 is 28.0 Å². The lowest BCUT2D eigenvalue weighted by Gasteiger charge is -2.23. The molecule has 0 radical (unpaired) electrons. The van der Waals surface area contributed by atoms with Gasteiger partial charge in [-0.25, -0.2) is 14.2 Å². The van der Waals surface area contributed by atoms with E-state index in [1.807, 2.05) is 0 Å². The van der Waals surface area contributed by atoms with E-state index in [4.69, 9.17) is 4.74 Å². The number of H-pyrrole nitrogens is 1. The minimum absolute atomic E-state index is 0.0330. The van der Waals surface area contributed by atoms with Crippen molar-refractivity contribution in [2.75, 3.05) is 31.2 Å². The van der Waals surface area contributed by atoms with Gasteiger partial charge in [0, 0.05) is 25.3 Å². The van der Waals surface area contributed by atoms with Crippen LogP contribution in [0.15, 0.2) is 29.3 Å². The minimum atomic E-state index is -4.29. The Morgan fingerprint density at radius 2 is 1.77 bits per heavy atom. The Balaban J connectivity index is 1.60. The number of aromatic nitrogens is 6.